The van der Waals surface area contributed by atoms with Gasteiger partial charge in [-0.1, -0.05) is 53.2 Å². The lowest BCUT2D eigenvalue weighted by Gasteiger charge is -2.17. The van der Waals surface area contributed by atoms with Crippen LogP contribution in [0, 0.1) is 5.82 Å². The number of hydrogen-bond acceptors (Lipinski definition) is 1. The Morgan fingerprint density at radius 2 is 1.90 bits per heavy atom. The molecule has 0 aliphatic carbocycles. The van der Waals surface area contributed by atoms with Crippen LogP contribution in [-0.2, 0) is 13.0 Å². The monoisotopic (exact) mass is 335 g/mol. The molecule has 1 nitrogen and oxygen atoms in total. The summed E-state index contributed by atoms with van der Waals surface area (Å²) < 4.78 is 14.6. The smallest absolute Gasteiger partial charge is 0.127 e. The third kappa shape index (κ3) is 4.43. The van der Waals surface area contributed by atoms with Crippen molar-refractivity contribution in [3.05, 3.63) is 69.9 Å². The third-order valence-electron chi connectivity index (χ3n) is 3.41. The van der Waals surface area contributed by atoms with Crippen molar-refractivity contribution in [3.8, 4) is 0 Å². The molecule has 0 aromatic heterocycles. The van der Waals surface area contributed by atoms with E-state index in [4.69, 9.17) is 0 Å². The van der Waals surface area contributed by atoms with Gasteiger partial charge in [-0.25, -0.2) is 4.39 Å². The Labute approximate surface area is 128 Å². The number of benzene rings is 2. The molecule has 0 radical (unpaired) electrons. The van der Waals surface area contributed by atoms with E-state index in [9.17, 15) is 4.39 Å². The Morgan fingerprint density at radius 3 is 2.60 bits per heavy atom. The van der Waals surface area contributed by atoms with E-state index in [0.717, 1.165) is 17.3 Å². The average molecular weight is 336 g/mol. The van der Waals surface area contributed by atoms with Gasteiger partial charge in [-0.05, 0) is 36.6 Å². The first-order valence-corrected chi connectivity index (χ1v) is 7.69. The van der Waals surface area contributed by atoms with Crippen LogP contribution in [0.15, 0.2) is 53.0 Å². The molecule has 2 aromatic carbocycles. The van der Waals surface area contributed by atoms with Crippen molar-refractivity contribution in [3.63, 3.8) is 0 Å². The topological polar surface area (TPSA) is 12.0 Å². The molecule has 3 heteroatoms. The Hall–Kier alpha value is -1.19. The summed E-state index contributed by atoms with van der Waals surface area (Å²) in [6.07, 6.45) is 1.98. The summed E-state index contributed by atoms with van der Waals surface area (Å²) in [7, 11) is 0. The molecule has 1 N–H and O–H groups in total. The predicted octanol–water partition coefficient (Wildman–Crippen LogP) is 4.70. The normalized spacial score (nSPS) is 12.3. The Kier molecular flexibility index (Phi) is 5.74. The van der Waals surface area contributed by atoms with Crippen molar-refractivity contribution < 1.29 is 4.39 Å². The highest BCUT2D eigenvalue weighted by Crippen LogP contribution is 2.16. The second-order valence-corrected chi connectivity index (χ2v) is 5.83. The molecule has 0 saturated carbocycles. The fraction of sp³-hybridized carbons (Fsp3) is 0.294. The van der Waals surface area contributed by atoms with Crippen molar-refractivity contribution >= 4 is 15.9 Å². The molecule has 0 fully saturated rings. The van der Waals surface area contributed by atoms with Crippen molar-refractivity contribution in [1.82, 2.24) is 5.32 Å². The minimum absolute atomic E-state index is 0.157. The van der Waals surface area contributed by atoms with E-state index in [0.29, 0.717) is 18.2 Å². The van der Waals surface area contributed by atoms with Crippen LogP contribution in [0.2, 0.25) is 0 Å². The van der Waals surface area contributed by atoms with Gasteiger partial charge in [0.15, 0.2) is 0 Å². The summed E-state index contributed by atoms with van der Waals surface area (Å²) in [5, 5.41) is 3.44. The number of nitrogens with one attached hydrogen (secondary N) is 1. The van der Waals surface area contributed by atoms with Crippen LogP contribution >= 0.6 is 15.9 Å². The molecule has 0 aliphatic rings. The molecule has 0 bridgehead atoms. The highest BCUT2D eigenvalue weighted by atomic mass is 79.9. The average Bonchev–Trinajstić information content (AvgIpc) is 2.47. The molecular weight excluding hydrogens is 317 g/mol. The lowest BCUT2D eigenvalue weighted by molar-refractivity contribution is 0.483. The Bertz CT molecular complexity index is 542. The molecule has 2 aromatic rings. The fourth-order valence-corrected chi connectivity index (χ4v) is 2.60. The summed E-state index contributed by atoms with van der Waals surface area (Å²) in [5.41, 5.74) is 2.01. The third-order valence-corrected chi connectivity index (χ3v) is 3.90. The van der Waals surface area contributed by atoms with Crippen LogP contribution in [-0.4, -0.2) is 6.04 Å². The maximum atomic E-state index is 13.7. The van der Waals surface area contributed by atoms with Gasteiger partial charge in [0.1, 0.15) is 5.82 Å². The number of halogens is 2. The second-order valence-electron chi connectivity index (χ2n) is 4.91. The lowest BCUT2D eigenvalue weighted by Crippen LogP contribution is -2.30. The van der Waals surface area contributed by atoms with Gasteiger partial charge in [0.25, 0.3) is 0 Å². The van der Waals surface area contributed by atoms with E-state index in [1.807, 2.05) is 12.1 Å². The van der Waals surface area contributed by atoms with E-state index in [2.05, 4.69) is 52.4 Å². The zero-order chi connectivity index (χ0) is 14.4. The molecule has 0 spiro atoms. The Balaban J connectivity index is 1.95. The van der Waals surface area contributed by atoms with Crippen LogP contribution in [0.5, 0.6) is 0 Å². The molecule has 1 atom stereocenters. The van der Waals surface area contributed by atoms with Crippen molar-refractivity contribution in [2.75, 3.05) is 0 Å². The van der Waals surface area contributed by atoms with Crippen LogP contribution in [0.25, 0.3) is 0 Å². The summed E-state index contributed by atoms with van der Waals surface area (Å²) in [6.45, 7) is 2.70. The van der Waals surface area contributed by atoms with Gasteiger partial charge in [-0.2, -0.15) is 0 Å². The van der Waals surface area contributed by atoms with Gasteiger partial charge in [0, 0.05) is 22.6 Å². The second kappa shape index (κ2) is 7.55. The SMILES string of the molecule is CCC(Cc1ccccc1)NCc1cc(Br)ccc1F. The lowest BCUT2D eigenvalue weighted by atomic mass is 10.0. The zero-order valence-electron chi connectivity index (χ0n) is 11.6. The van der Waals surface area contributed by atoms with E-state index in [1.165, 1.54) is 11.6 Å². The predicted molar refractivity (Wildman–Crippen MR) is 85.2 cm³/mol. The van der Waals surface area contributed by atoms with Gasteiger partial charge in [0.2, 0.25) is 0 Å². The fourth-order valence-electron chi connectivity index (χ4n) is 2.19. The first kappa shape index (κ1) is 15.2. The van der Waals surface area contributed by atoms with Crippen LogP contribution in [0.1, 0.15) is 24.5 Å². The summed E-state index contributed by atoms with van der Waals surface area (Å²) in [5.74, 6) is -0.157. The molecular formula is C17H19BrFN. The Morgan fingerprint density at radius 1 is 1.15 bits per heavy atom. The quantitative estimate of drug-likeness (QED) is 0.806. The van der Waals surface area contributed by atoms with Crippen molar-refractivity contribution in [2.24, 2.45) is 0 Å². The van der Waals surface area contributed by atoms with Crippen LogP contribution in [0.3, 0.4) is 0 Å². The van der Waals surface area contributed by atoms with Gasteiger partial charge in [-0.3, -0.25) is 0 Å². The molecule has 0 aliphatic heterocycles. The zero-order valence-corrected chi connectivity index (χ0v) is 13.2. The van der Waals surface area contributed by atoms with Crippen LogP contribution in [0.4, 0.5) is 4.39 Å². The van der Waals surface area contributed by atoms with Gasteiger partial charge >= 0.3 is 0 Å². The molecule has 0 amide bonds. The number of hydrogen-bond donors (Lipinski definition) is 1. The van der Waals surface area contributed by atoms with Crippen molar-refractivity contribution in [1.29, 1.82) is 0 Å². The van der Waals surface area contributed by atoms with Crippen molar-refractivity contribution in [2.45, 2.75) is 32.4 Å². The van der Waals surface area contributed by atoms with Gasteiger partial charge in [-0.15, -0.1) is 0 Å². The summed E-state index contributed by atoms with van der Waals surface area (Å²) >= 11 is 3.38. The minimum Gasteiger partial charge on any atom is -0.309 e. The molecule has 106 valence electrons. The highest BCUT2D eigenvalue weighted by Gasteiger charge is 2.09. The maximum Gasteiger partial charge on any atom is 0.127 e. The summed E-state index contributed by atoms with van der Waals surface area (Å²) in [6, 6.07) is 15.8. The minimum atomic E-state index is -0.157. The molecule has 2 rings (SSSR count). The largest absolute Gasteiger partial charge is 0.309 e. The molecule has 0 heterocycles. The van der Waals surface area contributed by atoms with Crippen LogP contribution < -0.4 is 5.32 Å². The van der Waals surface area contributed by atoms with Gasteiger partial charge < -0.3 is 5.32 Å². The standard InChI is InChI=1S/C17H19BrFN/c1-2-16(10-13-6-4-3-5-7-13)20-12-14-11-15(18)8-9-17(14)19/h3-9,11,16,20H,2,10,12H2,1H3. The summed E-state index contributed by atoms with van der Waals surface area (Å²) in [4.78, 5) is 0. The first-order valence-electron chi connectivity index (χ1n) is 6.90. The van der Waals surface area contributed by atoms with E-state index < -0.39 is 0 Å². The highest BCUT2D eigenvalue weighted by molar-refractivity contribution is 9.10. The van der Waals surface area contributed by atoms with E-state index >= 15 is 0 Å². The van der Waals surface area contributed by atoms with E-state index in [1.54, 1.807) is 6.07 Å². The molecule has 20 heavy (non-hydrogen) atoms. The number of rotatable bonds is 6. The first-order chi connectivity index (χ1) is 9.69. The molecule has 0 saturated heterocycles. The maximum absolute atomic E-state index is 13.7. The molecule has 1 unspecified atom stereocenters. The van der Waals surface area contributed by atoms with E-state index in [-0.39, 0.29) is 5.82 Å². The van der Waals surface area contributed by atoms with Gasteiger partial charge in [0.05, 0.1) is 0 Å².